The predicted octanol–water partition coefficient (Wildman–Crippen LogP) is 1.15. The average molecular weight is 269 g/mol. The van der Waals surface area contributed by atoms with E-state index in [0.717, 1.165) is 6.42 Å². The third kappa shape index (κ3) is 4.70. The maximum absolute atomic E-state index is 11.8. The summed E-state index contributed by atoms with van der Waals surface area (Å²) in [7, 11) is 0. The van der Waals surface area contributed by atoms with Crippen molar-refractivity contribution in [2.75, 3.05) is 5.32 Å². The summed E-state index contributed by atoms with van der Waals surface area (Å²) in [6.45, 7) is 5.23. The molecule has 0 fully saturated rings. The molecule has 7 nitrogen and oxygen atoms in total. The molecule has 0 spiro atoms. The Labute approximate surface area is 111 Å². The summed E-state index contributed by atoms with van der Waals surface area (Å²) >= 11 is 0. The zero-order chi connectivity index (χ0) is 14.4. The molecular weight excluding hydrogens is 250 g/mol. The topological polar surface area (TPSA) is 104 Å². The van der Waals surface area contributed by atoms with Gasteiger partial charge in [0.05, 0.1) is 11.7 Å². The van der Waals surface area contributed by atoms with Gasteiger partial charge in [-0.15, -0.1) is 0 Å². The summed E-state index contributed by atoms with van der Waals surface area (Å²) in [5.74, 6) is -1.07. The van der Waals surface area contributed by atoms with Gasteiger partial charge in [-0.25, -0.2) is 0 Å². The lowest BCUT2D eigenvalue weighted by Crippen LogP contribution is -2.47. The number of amides is 1. The van der Waals surface area contributed by atoms with Crippen molar-refractivity contribution in [3.63, 3.8) is 0 Å². The highest BCUT2D eigenvalue weighted by atomic mass is 16.5. The highest BCUT2D eigenvalue weighted by Gasteiger charge is 2.22. The quantitative estimate of drug-likeness (QED) is 0.686. The molecule has 1 aromatic heterocycles. The number of nitrogens with one attached hydrogen (secondary N) is 2. The lowest BCUT2D eigenvalue weighted by Gasteiger charge is -2.18. The van der Waals surface area contributed by atoms with E-state index in [1.54, 1.807) is 19.9 Å². The number of hydrogen-bond acceptors (Lipinski definition) is 5. The lowest BCUT2D eigenvalue weighted by atomic mass is 10.1. The molecule has 7 heteroatoms. The van der Waals surface area contributed by atoms with Crippen molar-refractivity contribution < 1.29 is 19.2 Å². The third-order valence-corrected chi connectivity index (χ3v) is 2.59. The van der Waals surface area contributed by atoms with Gasteiger partial charge in [0, 0.05) is 6.07 Å². The normalized spacial score (nSPS) is 13.8. The van der Waals surface area contributed by atoms with E-state index in [4.69, 9.17) is 9.63 Å². The molecule has 1 aromatic rings. The van der Waals surface area contributed by atoms with Gasteiger partial charge in [-0.2, -0.15) is 0 Å². The van der Waals surface area contributed by atoms with Crippen molar-refractivity contribution in [2.45, 2.75) is 45.7 Å². The number of aryl methyl sites for hydroxylation is 1. The van der Waals surface area contributed by atoms with Gasteiger partial charge < -0.3 is 9.63 Å². The summed E-state index contributed by atoms with van der Waals surface area (Å²) in [6.07, 6.45) is 1.19. The van der Waals surface area contributed by atoms with Gasteiger partial charge >= 0.3 is 5.97 Å². The van der Waals surface area contributed by atoms with Crippen LogP contribution in [0.3, 0.4) is 0 Å². The first-order valence-corrected chi connectivity index (χ1v) is 6.17. The molecule has 2 atom stereocenters. The van der Waals surface area contributed by atoms with E-state index >= 15 is 0 Å². The van der Waals surface area contributed by atoms with Crippen LogP contribution in [0.15, 0.2) is 10.6 Å². The molecule has 1 heterocycles. The Kier molecular flexibility index (Phi) is 5.50. The van der Waals surface area contributed by atoms with Crippen LogP contribution in [0.1, 0.15) is 32.4 Å². The van der Waals surface area contributed by atoms with Crippen LogP contribution in [-0.4, -0.2) is 34.2 Å². The van der Waals surface area contributed by atoms with Gasteiger partial charge in [-0.3, -0.25) is 20.2 Å². The Balaban J connectivity index is 2.54. The molecule has 0 aliphatic carbocycles. The monoisotopic (exact) mass is 269 g/mol. The fourth-order valence-electron chi connectivity index (χ4n) is 1.60. The summed E-state index contributed by atoms with van der Waals surface area (Å²) < 4.78 is 4.86. The second-order valence-corrected chi connectivity index (χ2v) is 4.39. The number of rotatable bonds is 7. The van der Waals surface area contributed by atoms with Crippen LogP contribution in [-0.2, 0) is 9.59 Å². The molecular formula is C12H19N3O4. The summed E-state index contributed by atoms with van der Waals surface area (Å²) in [5.41, 5.74) is 0.658. The fourth-order valence-corrected chi connectivity index (χ4v) is 1.60. The summed E-state index contributed by atoms with van der Waals surface area (Å²) in [5, 5.41) is 17.9. The Hall–Kier alpha value is -1.89. The molecule has 0 aliphatic rings. The second-order valence-electron chi connectivity index (χ2n) is 4.39. The van der Waals surface area contributed by atoms with Crippen molar-refractivity contribution in [3.8, 4) is 0 Å². The van der Waals surface area contributed by atoms with E-state index in [9.17, 15) is 9.59 Å². The maximum Gasteiger partial charge on any atom is 0.320 e. The van der Waals surface area contributed by atoms with Gasteiger partial charge in [0.1, 0.15) is 6.04 Å². The first-order chi connectivity index (χ1) is 8.93. The van der Waals surface area contributed by atoms with Crippen LogP contribution < -0.4 is 10.6 Å². The number of aliphatic carboxylic acids is 1. The molecule has 19 heavy (non-hydrogen) atoms. The second kappa shape index (κ2) is 6.89. The molecule has 1 rings (SSSR count). The minimum atomic E-state index is -0.961. The number of carbonyl (C=O) groups excluding carboxylic acids is 1. The Morgan fingerprint density at radius 2 is 2.21 bits per heavy atom. The maximum atomic E-state index is 11.8. The Morgan fingerprint density at radius 3 is 2.68 bits per heavy atom. The summed E-state index contributed by atoms with van der Waals surface area (Å²) in [4.78, 5) is 22.8. The first-order valence-electron chi connectivity index (χ1n) is 6.17. The smallest absolute Gasteiger partial charge is 0.320 e. The van der Waals surface area contributed by atoms with E-state index in [0.29, 0.717) is 12.1 Å². The predicted molar refractivity (Wildman–Crippen MR) is 68.8 cm³/mol. The van der Waals surface area contributed by atoms with Crippen molar-refractivity contribution in [3.05, 3.63) is 11.8 Å². The Morgan fingerprint density at radius 1 is 1.53 bits per heavy atom. The van der Waals surface area contributed by atoms with Gasteiger partial charge in [0.25, 0.3) is 0 Å². The third-order valence-electron chi connectivity index (χ3n) is 2.59. The highest BCUT2D eigenvalue weighted by Crippen LogP contribution is 2.09. The number of carbonyl (C=O) groups is 2. The molecule has 0 saturated heterocycles. The van der Waals surface area contributed by atoms with Crippen LogP contribution in [0, 0.1) is 6.92 Å². The van der Waals surface area contributed by atoms with Crippen molar-refractivity contribution in [2.24, 2.45) is 0 Å². The van der Waals surface area contributed by atoms with Crippen LogP contribution in [0.2, 0.25) is 0 Å². The van der Waals surface area contributed by atoms with Crippen molar-refractivity contribution in [1.29, 1.82) is 0 Å². The van der Waals surface area contributed by atoms with Gasteiger partial charge in [-0.1, -0.05) is 18.5 Å². The number of anilines is 1. The molecule has 0 aromatic carbocycles. The fraction of sp³-hybridized carbons (Fsp3) is 0.583. The largest absolute Gasteiger partial charge is 0.480 e. The van der Waals surface area contributed by atoms with E-state index in [-0.39, 0.29) is 11.8 Å². The van der Waals surface area contributed by atoms with Gasteiger partial charge in [0.2, 0.25) is 11.8 Å². The van der Waals surface area contributed by atoms with Crippen LogP contribution in [0.4, 0.5) is 5.88 Å². The molecule has 2 unspecified atom stereocenters. The van der Waals surface area contributed by atoms with Crippen molar-refractivity contribution >= 4 is 17.8 Å². The molecule has 0 radical (unpaired) electrons. The number of carboxylic acid groups (broad SMARTS) is 1. The molecule has 1 amide bonds. The number of hydrogen-bond donors (Lipinski definition) is 3. The Bertz CT molecular complexity index is 444. The van der Waals surface area contributed by atoms with Crippen molar-refractivity contribution in [1.82, 2.24) is 10.5 Å². The van der Waals surface area contributed by atoms with E-state index < -0.39 is 18.1 Å². The minimum absolute atomic E-state index is 0.249. The van der Waals surface area contributed by atoms with Gasteiger partial charge in [0.15, 0.2) is 0 Å². The zero-order valence-electron chi connectivity index (χ0n) is 11.3. The molecule has 3 N–H and O–H groups in total. The number of aromatic nitrogens is 1. The zero-order valence-corrected chi connectivity index (χ0v) is 11.3. The average Bonchev–Trinajstić information content (AvgIpc) is 2.73. The first kappa shape index (κ1) is 15.2. The van der Waals surface area contributed by atoms with E-state index in [1.807, 2.05) is 6.92 Å². The minimum Gasteiger partial charge on any atom is -0.480 e. The van der Waals surface area contributed by atoms with E-state index in [1.165, 1.54) is 0 Å². The molecule has 0 bridgehead atoms. The van der Waals surface area contributed by atoms with Gasteiger partial charge in [-0.05, 0) is 20.3 Å². The van der Waals surface area contributed by atoms with Crippen LogP contribution in [0.25, 0.3) is 0 Å². The standard InChI is InChI=1S/C12H19N3O4/c1-4-5-9(12(17)18)13-8(3)11(16)14-10-6-7(2)15-19-10/h6,8-9,13H,4-5H2,1-3H3,(H,14,16)(H,17,18). The lowest BCUT2D eigenvalue weighted by molar-refractivity contribution is -0.140. The highest BCUT2D eigenvalue weighted by molar-refractivity contribution is 5.93. The van der Waals surface area contributed by atoms with Crippen LogP contribution >= 0.6 is 0 Å². The number of nitrogens with zero attached hydrogens (tertiary/aromatic N) is 1. The van der Waals surface area contributed by atoms with Crippen LogP contribution in [0.5, 0.6) is 0 Å². The molecule has 106 valence electrons. The number of carboxylic acids is 1. The van der Waals surface area contributed by atoms with E-state index in [2.05, 4.69) is 15.8 Å². The molecule has 0 aliphatic heterocycles. The SMILES string of the molecule is CCCC(NC(C)C(=O)Nc1cc(C)no1)C(=O)O. The molecule has 0 saturated carbocycles. The summed E-state index contributed by atoms with van der Waals surface area (Å²) in [6, 6.07) is 0.214.